The molecule has 3 aliphatic carbocycles. The van der Waals surface area contributed by atoms with Gasteiger partial charge in [-0.15, -0.1) is 0 Å². The van der Waals surface area contributed by atoms with E-state index >= 15 is 8.78 Å². The summed E-state index contributed by atoms with van der Waals surface area (Å²) in [5, 5.41) is 54.5. The second kappa shape index (κ2) is 40.7. The Balaban J connectivity index is 0.000000177. The van der Waals surface area contributed by atoms with Crippen molar-refractivity contribution >= 4 is 132 Å². The molecule has 12 aromatic rings. The molecule has 2 unspecified atom stereocenters. The van der Waals surface area contributed by atoms with Crippen LogP contribution in [0.1, 0.15) is 251 Å². The Labute approximate surface area is 794 Å². The maximum atomic E-state index is 15.4. The van der Waals surface area contributed by atoms with Crippen LogP contribution in [0, 0.1) is 69.9 Å². The summed E-state index contributed by atoms with van der Waals surface area (Å²) in [6.07, 6.45) is 3.91. The number of nitriles is 1. The number of hydrogen-bond acceptors (Lipinski definition) is 15. The zero-order chi connectivity index (χ0) is 100. The molecule has 15 rings (SSSR count). The van der Waals surface area contributed by atoms with Gasteiger partial charge < -0.3 is 43.1 Å². The molecule has 5 aromatic heterocycles. The molecule has 5 amide bonds. The fourth-order valence-corrected chi connectivity index (χ4v) is 16.9. The monoisotopic (exact) mass is 1890 g/mol. The fourth-order valence-electron chi connectivity index (χ4n) is 16.9. The van der Waals surface area contributed by atoms with Crippen molar-refractivity contribution < 1.29 is 70.0 Å². The topological polar surface area (TPSA) is 331 Å². The number of hydrogen-bond donors (Lipinski definition) is 8. The average Bonchev–Trinajstić information content (AvgIpc) is 1.57. The first-order valence-electron chi connectivity index (χ1n) is 45.2. The Morgan fingerprint density at radius 1 is 0.504 bits per heavy atom. The number of halogens is 7. The van der Waals surface area contributed by atoms with Gasteiger partial charge in [0.1, 0.15) is 34.7 Å². The van der Waals surface area contributed by atoms with Gasteiger partial charge in [-0.25, -0.2) is 52.2 Å². The van der Waals surface area contributed by atoms with Crippen LogP contribution in [0.15, 0.2) is 127 Å². The van der Waals surface area contributed by atoms with Crippen molar-refractivity contribution in [3.05, 3.63) is 196 Å². The summed E-state index contributed by atoms with van der Waals surface area (Å²) in [5.74, 6) is -1.85. The normalized spacial score (nSPS) is 14.8. The first-order valence-corrected chi connectivity index (χ1v) is 45.2. The average molecular weight is 1890 g/mol. The Hall–Kier alpha value is -13.1. The van der Waals surface area contributed by atoms with Gasteiger partial charge in [0, 0.05) is 67.1 Å². The number of rotatable bonds is 21. The van der Waals surface area contributed by atoms with E-state index in [0.717, 1.165) is 60.2 Å². The van der Waals surface area contributed by atoms with Crippen LogP contribution < -0.4 is 31.5 Å². The molecule has 0 radical (unpaired) electrons. The van der Waals surface area contributed by atoms with E-state index < -0.39 is 70.8 Å². The van der Waals surface area contributed by atoms with Crippen LogP contribution in [0.3, 0.4) is 0 Å². The van der Waals surface area contributed by atoms with Crippen molar-refractivity contribution in [2.45, 2.75) is 275 Å². The molecule has 2 atom stereocenters. The number of benzene rings is 7. The van der Waals surface area contributed by atoms with Crippen molar-refractivity contribution in [2.75, 3.05) is 45.6 Å². The number of imidazole rings is 5. The molecule has 3 fully saturated rings. The lowest BCUT2D eigenvalue weighted by Gasteiger charge is -2.41. The number of anilines is 6. The highest BCUT2D eigenvalue weighted by Gasteiger charge is 2.43. The molecule has 34 heteroatoms. The molecule has 0 bridgehead atoms. The van der Waals surface area contributed by atoms with Crippen LogP contribution in [0.4, 0.5) is 77.5 Å². The highest BCUT2D eigenvalue weighted by atomic mass is 19.4. The number of nitrogens with one attached hydrogen (secondary N) is 5. The third kappa shape index (κ3) is 25.6. The third-order valence-electron chi connectivity index (χ3n) is 24.0. The number of carbonyl (C=O) groups is 5. The summed E-state index contributed by atoms with van der Waals surface area (Å²) in [6, 6.07) is 35.3. The largest absolute Gasteiger partial charge is 0.406 e. The van der Waals surface area contributed by atoms with E-state index in [1.807, 2.05) is 112 Å². The van der Waals surface area contributed by atoms with Crippen LogP contribution >= 0.6 is 0 Å². The van der Waals surface area contributed by atoms with Gasteiger partial charge in [0.25, 0.3) is 0 Å². The van der Waals surface area contributed by atoms with E-state index in [1.54, 1.807) is 92.9 Å². The van der Waals surface area contributed by atoms with Gasteiger partial charge in [0.05, 0.1) is 98.7 Å². The Morgan fingerprint density at radius 2 is 0.985 bits per heavy atom. The van der Waals surface area contributed by atoms with Crippen molar-refractivity contribution in [3.8, 4) is 6.07 Å². The molecule has 27 nitrogen and oxygen atoms in total. The van der Waals surface area contributed by atoms with Gasteiger partial charge in [-0.05, 0) is 222 Å². The van der Waals surface area contributed by atoms with Gasteiger partial charge in [0.2, 0.25) is 59.3 Å². The predicted octanol–water partition coefficient (Wildman–Crippen LogP) is 23.3. The third-order valence-corrected chi connectivity index (χ3v) is 24.0. The van der Waals surface area contributed by atoms with Crippen molar-refractivity contribution in [3.63, 3.8) is 0 Å². The minimum Gasteiger partial charge on any atom is -0.386 e. The number of fused-ring (bicyclic) bond motifs is 5. The summed E-state index contributed by atoms with van der Waals surface area (Å²) < 4.78 is 106. The van der Waals surface area contributed by atoms with Crippen LogP contribution in [-0.2, 0) is 63.9 Å². The lowest BCUT2D eigenvalue weighted by Crippen LogP contribution is -2.39. The number of nitrogens with zero attached hydrogens (tertiary/aromatic N) is 14. The number of amides is 5. The van der Waals surface area contributed by atoms with Crippen LogP contribution in [0.2, 0.25) is 0 Å². The van der Waals surface area contributed by atoms with Crippen molar-refractivity contribution in [1.29, 1.82) is 5.26 Å². The SMILES string of the molecule is C.CC(C)(C)CC(=O)Nc1nc2ccc(C(C)(C)O)c(F)c2n1C1(C)CCC1.CC(O)(CC(=O)Nc1nc2ccc(C#N)cc2n1CC(F)(F)F)c1ccccc1F.CN(C)c1ccc2nc(NC(=O)CC(C)(O)c3ccccc3)n(C3CCC3)c2c1F.[C-]#[N+]c1cc(F)c2nc(NC(=O)CC(C)(C)C3CC3)n(C(C)(C)C)c2c1.[C-]#[N+]c1ccc2nc(NC(=O)CC(C)(C)C)n(C(C)(C)C)c2c1. The molecular formula is C103H126F7N19O8. The second-order valence-electron chi connectivity index (χ2n) is 42.0. The van der Waals surface area contributed by atoms with E-state index in [9.17, 15) is 61.2 Å². The quantitative estimate of drug-likeness (QED) is 0.0245. The molecule has 7 aromatic carbocycles. The van der Waals surface area contributed by atoms with E-state index in [-0.39, 0.29) is 116 Å². The van der Waals surface area contributed by atoms with E-state index in [1.165, 1.54) is 62.2 Å². The first kappa shape index (κ1) is 106. The van der Waals surface area contributed by atoms with Gasteiger partial charge >= 0.3 is 6.18 Å². The zero-order valence-corrected chi connectivity index (χ0v) is 81.0. The first-order chi connectivity index (χ1) is 63.1. The molecule has 8 N–H and O–H groups in total. The van der Waals surface area contributed by atoms with E-state index in [2.05, 4.69) is 103 Å². The maximum Gasteiger partial charge on any atom is 0.406 e. The molecular weight excluding hydrogens is 1760 g/mol. The number of aliphatic hydroxyl groups is 3. The molecule has 0 saturated heterocycles. The van der Waals surface area contributed by atoms with Crippen molar-refractivity contribution in [1.82, 2.24) is 47.8 Å². The molecule has 3 saturated carbocycles. The van der Waals surface area contributed by atoms with Crippen LogP contribution in [0.5, 0.6) is 0 Å². The number of aromatic nitrogens is 10. The maximum absolute atomic E-state index is 15.4. The lowest BCUT2D eigenvalue weighted by atomic mass is 9.78. The summed E-state index contributed by atoms with van der Waals surface area (Å²) in [4.78, 5) is 93.1. The fraction of sp³-hybridized carbons (Fsp3) is 0.466. The Kier molecular flexibility index (Phi) is 31.5. The Morgan fingerprint density at radius 3 is 1.51 bits per heavy atom. The van der Waals surface area contributed by atoms with Gasteiger partial charge in [0.15, 0.2) is 23.0 Å². The van der Waals surface area contributed by atoms with E-state index in [0.29, 0.717) is 93.5 Å². The zero-order valence-electron chi connectivity index (χ0n) is 81.0. The van der Waals surface area contributed by atoms with Gasteiger partial charge in [-0.3, -0.25) is 50.6 Å². The standard InChI is InChI=1S/C23H27FN4O2.C21H30FN3O2.C20H16F4N4O2.C20H25FN4O.C18H24N4O.CH4/c1-23(30,15-8-5-4-6-9-15)14-19(29)26-22-25-17-12-13-18(27(2)3)20(24)21(17)28(22)16-10-7-11-16;1-19(2,3)12-15(26)24-18-23-14-9-8-13(20(4,5)27)16(22)17(14)25(18)21(6)10-7-11-21;1-19(30,13-4-2-3-5-14(13)21)9-17(29)27-18-26-15-7-6-12(10-25)8-16(15)28(18)11-20(22,23)24;1-19(2,3)25-15-10-13(22-6)9-14(21)17(15)24-18(25)23-16(26)11-20(4,5)12-7-8-12;1-17(2,3)11-15(23)21-16-20-13-9-8-12(19-7)10-14(13)22(16)18(4,5)6;/h4-6,8-9,12-13,16,30H,7,10-11,14H2,1-3H3,(H,25,26,29);8-9,27H,7,10-12H2,1-6H3,(H,23,24,26);2-8,30H,9,11H2,1H3,(H,26,27,29);9-10,12H,7-8,11H2,1-5H3,(H,23,24,26);8-10H,11H2,1-6H3,(H,20,21,23);1H4. The van der Waals surface area contributed by atoms with E-state index in [4.69, 9.17) is 18.4 Å². The summed E-state index contributed by atoms with van der Waals surface area (Å²) in [6.45, 7) is 49.3. The van der Waals surface area contributed by atoms with Crippen LogP contribution in [-0.4, -0.2) is 113 Å². The van der Waals surface area contributed by atoms with Gasteiger partial charge in [-0.1, -0.05) is 123 Å². The summed E-state index contributed by atoms with van der Waals surface area (Å²) >= 11 is 0. The minimum absolute atomic E-state index is 0. The number of carbonyl (C=O) groups excluding carboxylic acids is 5. The number of alkyl halides is 3. The Bertz CT molecular complexity index is 6630. The molecule has 0 aliphatic heterocycles. The molecule has 5 heterocycles. The highest BCUT2D eigenvalue weighted by molar-refractivity contribution is 5.97. The van der Waals surface area contributed by atoms with Crippen LogP contribution in [0.25, 0.3) is 64.9 Å². The summed E-state index contributed by atoms with van der Waals surface area (Å²) in [5.41, 5.74) is 0.604. The molecule has 137 heavy (non-hydrogen) atoms. The lowest BCUT2D eigenvalue weighted by molar-refractivity contribution is -0.140. The molecule has 0 spiro atoms. The predicted molar refractivity (Wildman–Crippen MR) is 522 cm³/mol. The smallest absolute Gasteiger partial charge is 0.386 e. The highest BCUT2D eigenvalue weighted by Crippen LogP contribution is 2.49. The van der Waals surface area contributed by atoms with Gasteiger partial charge in [-0.2, -0.15) is 18.4 Å². The molecule has 730 valence electrons. The minimum atomic E-state index is -4.62. The van der Waals surface area contributed by atoms with Crippen molar-refractivity contribution in [2.24, 2.45) is 22.2 Å². The summed E-state index contributed by atoms with van der Waals surface area (Å²) in [7, 11) is 3.59. The second-order valence-corrected chi connectivity index (χ2v) is 42.0. The molecule has 3 aliphatic rings.